The van der Waals surface area contributed by atoms with Crippen LogP contribution in [0.15, 0.2) is 42.5 Å². The van der Waals surface area contributed by atoms with Crippen molar-refractivity contribution in [3.8, 4) is 0 Å². The molecule has 0 aromatic heterocycles. The Balaban J connectivity index is 2.06. The van der Waals surface area contributed by atoms with Crippen LogP contribution < -0.4 is 10.2 Å². The highest BCUT2D eigenvalue weighted by Crippen LogP contribution is 2.31. The monoisotopic (exact) mass is 266 g/mol. The van der Waals surface area contributed by atoms with Crippen LogP contribution in [0, 0.1) is 6.92 Å². The number of nitrogens with one attached hydrogen (secondary N) is 1. The second-order valence-corrected chi connectivity index (χ2v) is 5.83. The van der Waals surface area contributed by atoms with Gasteiger partial charge in [0.2, 0.25) is 0 Å². The lowest BCUT2D eigenvalue weighted by atomic mass is 9.89. The van der Waals surface area contributed by atoms with Gasteiger partial charge in [-0.15, -0.1) is 0 Å². The van der Waals surface area contributed by atoms with Crippen molar-refractivity contribution in [2.24, 2.45) is 0 Å². The van der Waals surface area contributed by atoms with Crippen LogP contribution >= 0.6 is 0 Å². The molecule has 0 bridgehead atoms. The van der Waals surface area contributed by atoms with Crippen molar-refractivity contribution in [2.45, 2.75) is 19.4 Å². The topological polar surface area (TPSA) is 15.3 Å². The Morgan fingerprint density at radius 3 is 2.70 bits per heavy atom. The highest BCUT2D eigenvalue weighted by atomic mass is 15.1. The molecule has 0 amide bonds. The Hall–Kier alpha value is -1.80. The normalized spacial score (nSPS) is 17.6. The van der Waals surface area contributed by atoms with Crippen LogP contribution in [-0.4, -0.2) is 20.6 Å². The molecule has 1 aliphatic heterocycles. The molecule has 0 saturated carbocycles. The fourth-order valence-corrected chi connectivity index (χ4v) is 2.97. The number of fused-ring (bicyclic) bond motifs is 1. The van der Waals surface area contributed by atoms with Gasteiger partial charge in [-0.25, -0.2) is 0 Å². The number of hydrogen-bond acceptors (Lipinski definition) is 2. The zero-order valence-corrected chi connectivity index (χ0v) is 12.5. The molecule has 2 aromatic carbocycles. The van der Waals surface area contributed by atoms with Crippen molar-refractivity contribution < 1.29 is 0 Å². The molecule has 104 valence electrons. The lowest BCUT2D eigenvalue weighted by Crippen LogP contribution is -2.30. The molecule has 0 aliphatic carbocycles. The summed E-state index contributed by atoms with van der Waals surface area (Å²) in [6.07, 6.45) is 1.12. The van der Waals surface area contributed by atoms with E-state index in [1.54, 1.807) is 0 Å². The Morgan fingerprint density at radius 2 is 1.95 bits per heavy atom. The third kappa shape index (κ3) is 2.44. The summed E-state index contributed by atoms with van der Waals surface area (Å²) >= 11 is 0. The van der Waals surface area contributed by atoms with Gasteiger partial charge in [0.15, 0.2) is 0 Å². The molecule has 1 atom stereocenters. The molecule has 1 unspecified atom stereocenters. The highest BCUT2D eigenvalue weighted by Gasteiger charge is 2.21. The van der Waals surface area contributed by atoms with E-state index in [-0.39, 0.29) is 0 Å². The minimum atomic E-state index is 0.318. The zero-order valence-electron chi connectivity index (χ0n) is 12.5. The van der Waals surface area contributed by atoms with Crippen molar-refractivity contribution >= 4 is 5.69 Å². The Bertz CT molecular complexity index is 617. The number of aryl methyl sites for hydroxylation is 1. The van der Waals surface area contributed by atoms with Crippen LogP contribution in [0.3, 0.4) is 0 Å². The SMILES string of the molecule is Cc1cccc(C2NCCc3ccc(N(C)C)cc32)c1. The van der Waals surface area contributed by atoms with Gasteiger partial charge in [-0.3, -0.25) is 0 Å². The van der Waals surface area contributed by atoms with E-state index in [0.717, 1.165) is 13.0 Å². The maximum Gasteiger partial charge on any atom is 0.0580 e. The molecule has 0 fully saturated rings. The Morgan fingerprint density at radius 1 is 1.10 bits per heavy atom. The largest absolute Gasteiger partial charge is 0.378 e. The van der Waals surface area contributed by atoms with Gasteiger partial charge in [0.25, 0.3) is 0 Å². The van der Waals surface area contributed by atoms with Crippen molar-refractivity contribution in [3.05, 3.63) is 64.7 Å². The van der Waals surface area contributed by atoms with Crippen molar-refractivity contribution in [1.29, 1.82) is 0 Å². The van der Waals surface area contributed by atoms with E-state index in [0.29, 0.717) is 6.04 Å². The van der Waals surface area contributed by atoms with Crippen LogP contribution in [-0.2, 0) is 6.42 Å². The minimum absolute atomic E-state index is 0.318. The Labute approximate surface area is 121 Å². The van der Waals surface area contributed by atoms with Gasteiger partial charge in [-0.2, -0.15) is 0 Å². The van der Waals surface area contributed by atoms with Gasteiger partial charge in [0.05, 0.1) is 6.04 Å². The van der Waals surface area contributed by atoms with Gasteiger partial charge in [-0.1, -0.05) is 35.9 Å². The van der Waals surface area contributed by atoms with Gasteiger partial charge in [0, 0.05) is 26.3 Å². The standard InChI is InChI=1S/C18H22N2/c1-13-5-4-6-15(11-13)18-17-12-16(20(2)3)8-7-14(17)9-10-19-18/h4-8,11-12,18-19H,9-10H2,1-3H3. The molecule has 2 heteroatoms. The first-order valence-corrected chi connectivity index (χ1v) is 7.25. The minimum Gasteiger partial charge on any atom is -0.378 e. The van der Waals surface area contributed by atoms with E-state index in [4.69, 9.17) is 0 Å². The summed E-state index contributed by atoms with van der Waals surface area (Å²) in [4.78, 5) is 2.17. The fourth-order valence-electron chi connectivity index (χ4n) is 2.97. The number of hydrogen-bond donors (Lipinski definition) is 1. The summed E-state index contributed by atoms with van der Waals surface area (Å²) in [5, 5.41) is 3.67. The van der Waals surface area contributed by atoms with Gasteiger partial charge in [-0.05, 0) is 42.2 Å². The lowest BCUT2D eigenvalue weighted by Gasteiger charge is -2.29. The molecule has 2 aromatic rings. The van der Waals surface area contributed by atoms with Crippen molar-refractivity contribution in [3.63, 3.8) is 0 Å². The average Bonchev–Trinajstić information content (AvgIpc) is 2.46. The van der Waals surface area contributed by atoms with Crippen LogP contribution in [0.2, 0.25) is 0 Å². The molecule has 20 heavy (non-hydrogen) atoms. The van der Waals surface area contributed by atoms with Crippen molar-refractivity contribution in [2.75, 3.05) is 25.5 Å². The number of nitrogens with zero attached hydrogens (tertiary/aromatic N) is 1. The van der Waals surface area contributed by atoms with Crippen LogP contribution in [0.25, 0.3) is 0 Å². The summed E-state index contributed by atoms with van der Waals surface area (Å²) in [5.41, 5.74) is 6.85. The molecule has 1 N–H and O–H groups in total. The zero-order chi connectivity index (χ0) is 14.1. The van der Waals surface area contributed by atoms with Crippen LogP contribution in [0.1, 0.15) is 28.3 Å². The second-order valence-electron chi connectivity index (χ2n) is 5.83. The molecule has 3 rings (SSSR count). The molecular formula is C18H22N2. The number of benzene rings is 2. The van der Waals surface area contributed by atoms with Crippen molar-refractivity contribution in [1.82, 2.24) is 5.32 Å². The van der Waals surface area contributed by atoms with E-state index in [9.17, 15) is 0 Å². The molecule has 2 nitrogen and oxygen atoms in total. The van der Waals surface area contributed by atoms with E-state index >= 15 is 0 Å². The first-order chi connectivity index (χ1) is 9.65. The summed E-state index contributed by atoms with van der Waals surface area (Å²) < 4.78 is 0. The number of rotatable bonds is 2. The smallest absolute Gasteiger partial charge is 0.0580 e. The highest BCUT2D eigenvalue weighted by molar-refractivity contribution is 5.53. The summed E-state index contributed by atoms with van der Waals surface area (Å²) in [6.45, 7) is 3.20. The molecule has 0 radical (unpaired) electrons. The van der Waals surface area contributed by atoms with E-state index < -0.39 is 0 Å². The predicted molar refractivity (Wildman–Crippen MR) is 85.5 cm³/mol. The first-order valence-electron chi connectivity index (χ1n) is 7.25. The predicted octanol–water partition coefficient (Wildman–Crippen LogP) is 3.30. The van der Waals surface area contributed by atoms with E-state index in [1.165, 1.54) is 27.9 Å². The quantitative estimate of drug-likeness (QED) is 0.897. The second kappa shape index (κ2) is 5.29. The van der Waals surface area contributed by atoms with Gasteiger partial charge in [0.1, 0.15) is 0 Å². The van der Waals surface area contributed by atoms with Gasteiger partial charge < -0.3 is 10.2 Å². The fraction of sp³-hybridized carbons (Fsp3) is 0.333. The average molecular weight is 266 g/mol. The molecule has 1 aliphatic rings. The number of anilines is 1. The molecule has 0 saturated heterocycles. The van der Waals surface area contributed by atoms with Gasteiger partial charge >= 0.3 is 0 Å². The maximum atomic E-state index is 3.67. The molecular weight excluding hydrogens is 244 g/mol. The molecule has 0 spiro atoms. The third-order valence-corrected chi connectivity index (χ3v) is 4.08. The van der Waals surface area contributed by atoms with E-state index in [2.05, 4.69) is 73.7 Å². The summed E-state index contributed by atoms with van der Waals surface area (Å²) in [7, 11) is 4.19. The summed E-state index contributed by atoms with van der Waals surface area (Å²) in [6, 6.07) is 16.0. The van der Waals surface area contributed by atoms with E-state index in [1.807, 2.05) is 0 Å². The first kappa shape index (κ1) is 13.2. The molecule has 1 heterocycles. The lowest BCUT2D eigenvalue weighted by molar-refractivity contribution is 0.567. The Kier molecular flexibility index (Phi) is 3.49. The van der Waals surface area contributed by atoms with Crippen LogP contribution in [0.5, 0.6) is 0 Å². The third-order valence-electron chi connectivity index (χ3n) is 4.08. The van der Waals surface area contributed by atoms with Crippen LogP contribution in [0.4, 0.5) is 5.69 Å². The maximum absolute atomic E-state index is 3.67. The summed E-state index contributed by atoms with van der Waals surface area (Å²) in [5.74, 6) is 0.